The first-order valence-electron chi connectivity index (χ1n) is 6.44. The first-order valence-corrected chi connectivity index (χ1v) is 6.44. The molecule has 0 saturated carbocycles. The normalized spacial score (nSPS) is 10.4. The fourth-order valence-electron chi connectivity index (χ4n) is 1.63. The summed E-state index contributed by atoms with van der Waals surface area (Å²) >= 11 is 0. The average molecular weight is 268 g/mol. The van der Waals surface area contributed by atoms with E-state index in [-0.39, 0.29) is 18.3 Å². The van der Waals surface area contributed by atoms with E-state index in [1.807, 2.05) is 0 Å². The lowest BCUT2D eigenvalue weighted by Gasteiger charge is -2.07. The molecule has 5 heteroatoms. The summed E-state index contributed by atoms with van der Waals surface area (Å²) in [4.78, 5) is 11.4. The maximum Gasteiger partial charge on any atom is 0.233 e. The Morgan fingerprint density at radius 2 is 2.11 bits per heavy atom. The molecule has 1 rings (SSSR count). The Morgan fingerprint density at radius 1 is 1.32 bits per heavy atom. The number of carbonyl (C=O) groups is 1. The first kappa shape index (κ1) is 15.6. The molecule has 2 N–H and O–H groups in total. The maximum absolute atomic E-state index is 13.3. The highest BCUT2D eigenvalue weighted by Gasteiger charge is 2.02. The molecule has 4 nitrogen and oxygen atoms in total. The van der Waals surface area contributed by atoms with Crippen molar-refractivity contribution in [3.05, 3.63) is 35.6 Å². The Balaban J connectivity index is 2.07. The molecule has 0 heterocycles. The van der Waals surface area contributed by atoms with E-state index >= 15 is 0 Å². The summed E-state index contributed by atoms with van der Waals surface area (Å²) in [5.74, 6) is -0.252. The van der Waals surface area contributed by atoms with Crippen LogP contribution in [-0.4, -0.2) is 39.3 Å². The molecule has 0 fully saturated rings. The monoisotopic (exact) mass is 268 g/mol. The molecule has 0 atom stereocenters. The molecular formula is C14H21FN2O2. The predicted octanol–water partition coefficient (Wildman–Crippen LogP) is 1.11. The van der Waals surface area contributed by atoms with Crippen molar-refractivity contribution in [2.24, 2.45) is 0 Å². The van der Waals surface area contributed by atoms with Gasteiger partial charge in [-0.25, -0.2) is 4.39 Å². The van der Waals surface area contributed by atoms with Crippen LogP contribution in [0.15, 0.2) is 24.3 Å². The van der Waals surface area contributed by atoms with E-state index in [2.05, 4.69) is 10.6 Å². The number of amides is 1. The van der Waals surface area contributed by atoms with E-state index in [1.54, 1.807) is 25.3 Å². The van der Waals surface area contributed by atoms with Crippen LogP contribution in [0.1, 0.15) is 12.0 Å². The van der Waals surface area contributed by atoms with Crippen LogP contribution in [0.5, 0.6) is 0 Å². The third-order valence-electron chi connectivity index (χ3n) is 2.66. The Labute approximate surface area is 113 Å². The van der Waals surface area contributed by atoms with Crippen molar-refractivity contribution >= 4 is 5.91 Å². The number of nitrogens with one attached hydrogen (secondary N) is 2. The van der Waals surface area contributed by atoms with Gasteiger partial charge in [0.25, 0.3) is 0 Å². The van der Waals surface area contributed by atoms with Crippen LogP contribution in [0.3, 0.4) is 0 Å². The lowest BCUT2D eigenvalue weighted by atomic mass is 10.1. The quantitative estimate of drug-likeness (QED) is 0.660. The van der Waals surface area contributed by atoms with E-state index in [0.717, 1.165) is 6.42 Å². The van der Waals surface area contributed by atoms with Crippen LogP contribution in [0, 0.1) is 5.82 Å². The van der Waals surface area contributed by atoms with Crippen molar-refractivity contribution in [3.63, 3.8) is 0 Å². The molecule has 0 unspecified atom stereocenters. The molecule has 1 aromatic rings. The van der Waals surface area contributed by atoms with Crippen molar-refractivity contribution in [3.8, 4) is 0 Å². The van der Waals surface area contributed by atoms with Crippen molar-refractivity contribution in [2.75, 3.05) is 33.4 Å². The minimum atomic E-state index is -0.201. The van der Waals surface area contributed by atoms with Crippen LogP contribution < -0.4 is 10.6 Å². The van der Waals surface area contributed by atoms with Gasteiger partial charge in [-0.1, -0.05) is 18.2 Å². The summed E-state index contributed by atoms with van der Waals surface area (Å²) < 4.78 is 18.2. The summed E-state index contributed by atoms with van der Waals surface area (Å²) in [5, 5.41) is 5.76. The van der Waals surface area contributed by atoms with E-state index in [9.17, 15) is 9.18 Å². The Kier molecular flexibility index (Phi) is 7.77. The number of carbonyl (C=O) groups excluding carboxylic acids is 1. The van der Waals surface area contributed by atoms with Gasteiger partial charge in [0, 0.05) is 20.3 Å². The standard InChI is InChI=1S/C14H21FN2O2/c1-19-10-4-8-17-14(18)11-16-9-7-12-5-2-3-6-13(12)15/h2-3,5-6,16H,4,7-11H2,1H3,(H,17,18). The van der Waals surface area contributed by atoms with E-state index in [0.29, 0.717) is 31.7 Å². The van der Waals surface area contributed by atoms with Crippen LogP contribution in [0.25, 0.3) is 0 Å². The Morgan fingerprint density at radius 3 is 2.84 bits per heavy atom. The van der Waals surface area contributed by atoms with Crippen LogP contribution in [0.2, 0.25) is 0 Å². The summed E-state index contributed by atoms with van der Waals surface area (Å²) in [5.41, 5.74) is 0.663. The first-order chi connectivity index (χ1) is 9.24. The van der Waals surface area contributed by atoms with Gasteiger partial charge in [0.15, 0.2) is 0 Å². The second kappa shape index (κ2) is 9.47. The average Bonchev–Trinajstić information content (AvgIpc) is 2.41. The molecule has 0 aliphatic heterocycles. The minimum absolute atomic E-state index is 0.0513. The van der Waals surface area contributed by atoms with Gasteiger partial charge in [0.05, 0.1) is 6.54 Å². The lowest BCUT2D eigenvalue weighted by Crippen LogP contribution is -2.35. The summed E-state index contributed by atoms with van der Waals surface area (Å²) in [6.07, 6.45) is 1.38. The van der Waals surface area contributed by atoms with E-state index in [4.69, 9.17) is 4.74 Å². The summed E-state index contributed by atoms with van der Waals surface area (Å²) in [7, 11) is 1.63. The van der Waals surface area contributed by atoms with Crippen LogP contribution >= 0.6 is 0 Å². The van der Waals surface area contributed by atoms with Gasteiger partial charge in [0.1, 0.15) is 5.82 Å². The molecule has 1 aromatic carbocycles. The number of halogens is 1. The van der Waals surface area contributed by atoms with Crippen LogP contribution in [-0.2, 0) is 16.0 Å². The highest BCUT2D eigenvalue weighted by molar-refractivity contribution is 5.77. The van der Waals surface area contributed by atoms with Crippen molar-refractivity contribution in [2.45, 2.75) is 12.8 Å². The van der Waals surface area contributed by atoms with Crippen LogP contribution in [0.4, 0.5) is 4.39 Å². The van der Waals surface area contributed by atoms with E-state index in [1.165, 1.54) is 6.07 Å². The number of hydrogen-bond acceptors (Lipinski definition) is 3. The molecule has 1 amide bonds. The summed E-state index contributed by atoms with van der Waals surface area (Å²) in [6, 6.07) is 6.67. The molecule has 0 aromatic heterocycles. The third-order valence-corrected chi connectivity index (χ3v) is 2.66. The molecule has 0 radical (unpaired) electrons. The van der Waals surface area contributed by atoms with Gasteiger partial charge in [-0.3, -0.25) is 4.79 Å². The van der Waals surface area contributed by atoms with E-state index < -0.39 is 0 Å². The molecule has 0 spiro atoms. The number of benzene rings is 1. The van der Waals surface area contributed by atoms with Gasteiger partial charge < -0.3 is 15.4 Å². The Bertz CT molecular complexity index is 385. The van der Waals surface area contributed by atoms with Gasteiger partial charge in [-0.15, -0.1) is 0 Å². The van der Waals surface area contributed by atoms with Gasteiger partial charge in [0.2, 0.25) is 5.91 Å². The molecule has 19 heavy (non-hydrogen) atoms. The molecule has 0 saturated heterocycles. The van der Waals surface area contributed by atoms with Gasteiger partial charge in [-0.05, 0) is 31.0 Å². The minimum Gasteiger partial charge on any atom is -0.385 e. The molecule has 0 aliphatic carbocycles. The SMILES string of the molecule is COCCCNC(=O)CNCCc1ccccc1F. The highest BCUT2D eigenvalue weighted by atomic mass is 19.1. The Hall–Kier alpha value is -1.46. The summed E-state index contributed by atoms with van der Waals surface area (Å²) in [6.45, 7) is 2.08. The van der Waals surface area contributed by atoms with Crippen molar-refractivity contribution < 1.29 is 13.9 Å². The number of ether oxygens (including phenoxy) is 1. The lowest BCUT2D eigenvalue weighted by molar-refractivity contribution is -0.120. The molecule has 0 bridgehead atoms. The molecule has 0 aliphatic rings. The second-order valence-electron chi connectivity index (χ2n) is 4.21. The zero-order valence-electron chi connectivity index (χ0n) is 11.2. The number of rotatable bonds is 9. The maximum atomic E-state index is 13.3. The molecule has 106 valence electrons. The predicted molar refractivity (Wildman–Crippen MR) is 72.5 cm³/mol. The third kappa shape index (κ3) is 6.88. The highest BCUT2D eigenvalue weighted by Crippen LogP contribution is 2.05. The fraction of sp³-hybridized carbons (Fsp3) is 0.500. The second-order valence-corrected chi connectivity index (χ2v) is 4.21. The number of hydrogen-bond donors (Lipinski definition) is 2. The largest absolute Gasteiger partial charge is 0.385 e. The zero-order chi connectivity index (χ0) is 13.9. The van der Waals surface area contributed by atoms with Crippen molar-refractivity contribution in [1.82, 2.24) is 10.6 Å². The molecular weight excluding hydrogens is 247 g/mol. The zero-order valence-corrected chi connectivity index (χ0v) is 11.2. The van der Waals surface area contributed by atoms with Crippen molar-refractivity contribution in [1.29, 1.82) is 0 Å². The smallest absolute Gasteiger partial charge is 0.233 e. The van der Waals surface area contributed by atoms with Gasteiger partial charge in [-0.2, -0.15) is 0 Å². The topological polar surface area (TPSA) is 50.4 Å². The fourth-order valence-corrected chi connectivity index (χ4v) is 1.63. The number of methoxy groups -OCH3 is 1. The van der Waals surface area contributed by atoms with Gasteiger partial charge >= 0.3 is 0 Å².